The lowest BCUT2D eigenvalue weighted by atomic mass is 10.0. The summed E-state index contributed by atoms with van der Waals surface area (Å²) in [6.07, 6.45) is 7.91. The van der Waals surface area contributed by atoms with Crippen molar-refractivity contribution in [3.05, 3.63) is 88.0 Å². The molecule has 192 valence electrons. The quantitative estimate of drug-likeness (QED) is 0.316. The van der Waals surface area contributed by atoms with Gasteiger partial charge in [0.05, 0.1) is 30.9 Å². The highest BCUT2D eigenvalue weighted by Crippen LogP contribution is 2.28. The van der Waals surface area contributed by atoms with E-state index in [1.165, 1.54) is 17.0 Å². The number of nitrogens with one attached hydrogen (secondary N) is 1. The van der Waals surface area contributed by atoms with Gasteiger partial charge < -0.3 is 4.74 Å². The Balaban J connectivity index is 1.51. The number of aromatic nitrogens is 9. The molecular weight excluding hydrogens is 482 g/mol. The highest BCUT2D eigenvalue weighted by Gasteiger charge is 2.18. The molecule has 4 heterocycles. The number of aromatic amines is 1. The zero-order chi connectivity index (χ0) is 26.5. The summed E-state index contributed by atoms with van der Waals surface area (Å²) in [7, 11) is 1.54. The smallest absolute Gasteiger partial charge is 0.264 e. The van der Waals surface area contributed by atoms with Gasteiger partial charge in [-0.25, -0.2) is 24.6 Å². The van der Waals surface area contributed by atoms with Crippen LogP contribution in [0.25, 0.3) is 28.6 Å². The van der Waals surface area contributed by atoms with Gasteiger partial charge >= 0.3 is 0 Å². The van der Waals surface area contributed by atoms with Crippen LogP contribution >= 0.6 is 0 Å². The number of H-pyrrole nitrogens is 1. The average Bonchev–Trinajstić information content (AvgIpc) is 3.49. The number of methoxy groups -OCH3 is 1. The van der Waals surface area contributed by atoms with E-state index in [-0.39, 0.29) is 11.5 Å². The van der Waals surface area contributed by atoms with E-state index in [2.05, 4.69) is 37.5 Å². The molecule has 0 fully saturated rings. The normalized spacial score (nSPS) is 11.0. The molecule has 11 heteroatoms. The Morgan fingerprint density at radius 1 is 1.00 bits per heavy atom. The van der Waals surface area contributed by atoms with Gasteiger partial charge in [0.2, 0.25) is 5.95 Å². The van der Waals surface area contributed by atoms with Crippen molar-refractivity contribution in [3.8, 4) is 34.3 Å². The molecular formula is C27H27N9O2. The maximum Gasteiger partial charge on any atom is 0.264 e. The van der Waals surface area contributed by atoms with Crippen LogP contribution in [-0.4, -0.2) is 52.2 Å². The Morgan fingerprint density at radius 2 is 1.79 bits per heavy atom. The van der Waals surface area contributed by atoms with Crippen molar-refractivity contribution in [2.24, 2.45) is 0 Å². The maximum atomic E-state index is 13.8. The SMILES string of the molecule is CCCCc1nc(C)n(-c2ncc(OC)cn2)c(=O)c1Cc1ccc(-c2ccccc2-c2nnn[nH]2)nc1. The molecule has 0 bridgehead atoms. The summed E-state index contributed by atoms with van der Waals surface area (Å²) in [4.78, 5) is 31.9. The van der Waals surface area contributed by atoms with E-state index >= 15 is 0 Å². The van der Waals surface area contributed by atoms with E-state index in [1.54, 1.807) is 20.2 Å². The molecule has 38 heavy (non-hydrogen) atoms. The van der Waals surface area contributed by atoms with Crippen LogP contribution in [0, 0.1) is 6.92 Å². The van der Waals surface area contributed by atoms with Crippen molar-refractivity contribution in [2.45, 2.75) is 39.5 Å². The number of nitrogens with zero attached hydrogens (tertiary/aromatic N) is 8. The van der Waals surface area contributed by atoms with E-state index in [0.29, 0.717) is 29.4 Å². The molecule has 0 radical (unpaired) electrons. The summed E-state index contributed by atoms with van der Waals surface area (Å²) in [6.45, 7) is 3.92. The number of pyridine rings is 1. The Labute approximate surface area is 219 Å². The largest absolute Gasteiger partial charge is 0.494 e. The highest BCUT2D eigenvalue weighted by atomic mass is 16.5. The second-order valence-electron chi connectivity index (χ2n) is 8.78. The summed E-state index contributed by atoms with van der Waals surface area (Å²) >= 11 is 0. The third-order valence-electron chi connectivity index (χ3n) is 6.26. The second-order valence-corrected chi connectivity index (χ2v) is 8.78. The zero-order valence-electron chi connectivity index (χ0n) is 21.4. The molecule has 0 spiro atoms. The van der Waals surface area contributed by atoms with Crippen LogP contribution in [0.3, 0.4) is 0 Å². The van der Waals surface area contributed by atoms with Gasteiger partial charge in [0.25, 0.3) is 5.56 Å². The summed E-state index contributed by atoms with van der Waals surface area (Å²) in [6, 6.07) is 11.7. The minimum absolute atomic E-state index is 0.180. The first-order valence-electron chi connectivity index (χ1n) is 12.3. The average molecular weight is 510 g/mol. The molecule has 0 saturated heterocycles. The molecule has 0 aliphatic carbocycles. The Hall–Kier alpha value is -4.80. The van der Waals surface area contributed by atoms with Crippen molar-refractivity contribution >= 4 is 0 Å². The van der Waals surface area contributed by atoms with Crippen LogP contribution in [0.15, 0.2) is 59.8 Å². The first-order valence-corrected chi connectivity index (χ1v) is 12.3. The van der Waals surface area contributed by atoms with Crippen LogP contribution in [0.2, 0.25) is 0 Å². The fraction of sp³-hybridized carbons (Fsp3) is 0.259. The van der Waals surface area contributed by atoms with Gasteiger partial charge in [-0.05, 0) is 41.8 Å². The van der Waals surface area contributed by atoms with Crippen LogP contribution in [-0.2, 0) is 12.8 Å². The van der Waals surface area contributed by atoms with Gasteiger partial charge in [0, 0.05) is 29.3 Å². The third kappa shape index (κ3) is 5.03. The van der Waals surface area contributed by atoms with Crippen molar-refractivity contribution < 1.29 is 4.74 Å². The van der Waals surface area contributed by atoms with Crippen molar-refractivity contribution in [1.29, 1.82) is 0 Å². The van der Waals surface area contributed by atoms with Gasteiger partial charge in [0.15, 0.2) is 11.6 Å². The lowest BCUT2D eigenvalue weighted by Gasteiger charge is -2.15. The molecule has 5 aromatic rings. The number of hydrogen-bond acceptors (Lipinski definition) is 9. The van der Waals surface area contributed by atoms with Crippen molar-refractivity contribution in [1.82, 2.24) is 45.1 Å². The molecule has 1 aromatic carbocycles. The van der Waals surface area contributed by atoms with Crippen LogP contribution in [0.4, 0.5) is 0 Å². The van der Waals surface area contributed by atoms with E-state index in [4.69, 9.17) is 14.7 Å². The molecule has 5 rings (SSSR count). The fourth-order valence-corrected chi connectivity index (χ4v) is 4.29. The van der Waals surface area contributed by atoms with E-state index in [1.807, 2.05) is 36.4 Å². The molecule has 0 aliphatic heterocycles. The third-order valence-corrected chi connectivity index (χ3v) is 6.26. The number of unbranched alkanes of at least 4 members (excludes halogenated alkanes) is 1. The molecule has 0 atom stereocenters. The lowest BCUT2D eigenvalue weighted by Crippen LogP contribution is -2.29. The van der Waals surface area contributed by atoms with Crippen molar-refractivity contribution in [3.63, 3.8) is 0 Å². The Bertz CT molecular complexity index is 1580. The molecule has 0 saturated carbocycles. The fourth-order valence-electron chi connectivity index (χ4n) is 4.29. The molecule has 11 nitrogen and oxygen atoms in total. The van der Waals surface area contributed by atoms with E-state index < -0.39 is 0 Å². The second kappa shape index (κ2) is 11.1. The van der Waals surface area contributed by atoms with Crippen LogP contribution < -0.4 is 10.3 Å². The first-order chi connectivity index (χ1) is 18.6. The van der Waals surface area contributed by atoms with Gasteiger partial charge in [-0.3, -0.25) is 9.78 Å². The van der Waals surface area contributed by atoms with Gasteiger partial charge in [-0.2, -0.15) is 0 Å². The summed E-state index contributed by atoms with van der Waals surface area (Å²) in [5, 5.41) is 14.2. The topological polar surface area (TPSA) is 137 Å². The molecule has 4 aromatic heterocycles. The molecule has 1 N–H and O–H groups in total. The summed E-state index contributed by atoms with van der Waals surface area (Å²) in [5.74, 6) is 1.89. The standard InChI is InChI=1S/C27H27N9O2/c1-4-5-10-24-22(26(37)36(17(2)31-24)27-29-15-19(38-3)16-30-27)13-18-11-12-23(28-14-18)20-8-6-7-9-21(20)25-32-34-35-33-25/h6-9,11-12,14-16H,4-5,10,13H2,1-3H3,(H,32,33,34,35). The molecule has 0 aliphatic rings. The van der Waals surface area contributed by atoms with Gasteiger partial charge in [0.1, 0.15) is 5.82 Å². The highest BCUT2D eigenvalue weighted by molar-refractivity contribution is 5.78. The number of tetrazole rings is 1. The number of hydrogen-bond donors (Lipinski definition) is 1. The molecule has 0 amide bonds. The number of aryl methyl sites for hydroxylation is 2. The van der Waals surface area contributed by atoms with E-state index in [9.17, 15) is 4.79 Å². The Kier molecular flexibility index (Phi) is 7.25. The van der Waals surface area contributed by atoms with Crippen molar-refractivity contribution in [2.75, 3.05) is 7.11 Å². The lowest BCUT2D eigenvalue weighted by molar-refractivity contribution is 0.410. The predicted molar refractivity (Wildman–Crippen MR) is 141 cm³/mol. The first kappa shape index (κ1) is 24.9. The van der Waals surface area contributed by atoms with Gasteiger partial charge in [-0.15, -0.1) is 5.10 Å². The number of benzene rings is 1. The Morgan fingerprint density at radius 3 is 2.45 bits per heavy atom. The molecule has 0 unspecified atom stereocenters. The predicted octanol–water partition coefficient (Wildman–Crippen LogP) is 3.52. The van der Waals surface area contributed by atoms with Gasteiger partial charge in [-0.1, -0.05) is 43.7 Å². The minimum atomic E-state index is -0.180. The van der Waals surface area contributed by atoms with Crippen LogP contribution in [0.1, 0.15) is 42.4 Å². The monoisotopic (exact) mass is 509 g/mol. The maximum absolute atomic E-state index is 13.8. The zero-order valence-corrected chi connectivity index (χ0v) is 21.4. The summed E-state index contributed by atoms with van der Waals surface area (Å²) < 4.78 is 6.61. The number of ether oxygens (including phenoxy) is 1. The number of rotatable bonds is 9. The van der Waals surface area contributed by atoms with E-state index in [0.717, 1.165) is 47.3 Å². The minimum Gasteiger partial charge on any atom is -0.494 e. The van der Waals surface area contributed by atoms with Crippen LogP contribution in [0.5, 0.6) is 5.75 Å². The summed E-state index contributed by atoms with van der Waals surface area (Å²) in [5.41, 5.74) is 4.66.